The number of likely N-dealkylation sites (tertiary alicyclic amines) is 1. The first-order valence-corrected chi connectivity index (χ1v) is 12.9. The molecule has 0 saturated carbocycles. The molecule has 4 rings (SSSR count). The Bertz CT molecular complexity index is 1010. The molecule has 4 nitrogen and oxygen atoms in total. The maximum atomic E-state index is 14.9. The van der Waals surface area contributed by atoms with Crippen LogP contribution in [0.15, 0.2) is 35.7 Å². The SMILES string of the molecule is CCN(CC)Cc1ccc(-c2cc(NCCCN3CCCCC3)c3sccc3n2)cc1F. The second-order valence-electron chi connectivity index (χ2n) is 8.64. The predicted octanol–water partition coefficient (Wildman–Crippen LogP) is 6.23. The van der Waals surface area contributed by atoms with Crippen LogP contribution in [-0.2, 0) is 6.54 Å². The third-order valence-corrected chi connectivity index (χ3v) is 7.40. The number of fused-ring (bicyclic) bond motifs is 1. The Labute approximate surface area is 195 Å². The van der Waals surface area contributed by atoms with Crippen LogP contribution >= 0.6 is 11.3 Å². The summed E-state index contributed by atoms with van der Waals surface area (Å²) in [7, 11) is 0. The largest absolute Gasteiger partial charge is 0.384 e. The molecule has 0 aliphatic carbocycles. The van der Waals surface area contributed by atoms with Gasteiger partial charge >= 0.3 is 0 Å². The van der Waals surface area contributed by atoms with Crippen molar-refractivity contribution in [3.8, 4) is 11.3 Å². The van der Waals surface area contributed by atoms with Gasteiger partial charge < -0.3 is 10.2 Å². The standard InChI is InChI=1S/C26H35FN4S/c1-3-30(4-2)19-21-10-9-20(17-22(21)27)24-18-25(26-23(29-24)11-16-32-26)28-12-8-15-31-13-6-5-7-14-31/h9-11,16-18H,3-8,12-15,19H2,1-2H3,(H,28,29). The summed E-state index contributed by atoms with van der Waals surface area (Å²) in [4.78, 5) is 9.61. The van der Waals surface area contributed by atoms with Gasteiger partial charge in [0.15, 0.2) is 0 Å². The monoisotopic (exact) mass is 454 g/mol. The molecule has 2 aromatic heterocycles. The lowest BCUT2D eigenvalue weighted by Gasteiger charge is -2.26. The Morgan fingerprint density at radius 2 is 1.91 bits per heavy atom. The highest BCUT2D eigenvalue weighted by atomic mass is 32.1. The van der Waals surface area contributed by atoms with Crippen molar-refractivity contribution in [1.82, 2.24) is 14.8 Å². The molecule has 1 aromatic carbocycles. The number of aromatic nitrogens is 1. The maximum Gasteiger partial charge on any atom is 0.128 e. The summed E-state index contributed by atoms with van der Waals surface area (Å²) in [6.07, 6.45) is 5.17. The lowest BCUT2D eigenvalue weighted by Crippen LogP contribution is -2.31. The van der Waals surface area contributed by atoms with Crippen LogP contribution in [0.5, 0.6) is 0 Å². The summed E-state index contributed by atoms with van der Waals surface area (Å²) in [6, 6.07) is 9.68. The molecule has 32 heavy (non-hydrogen) atoms. The molecule has 0 atom stereocenters. The molecule has 1 saturated heterocycles. The van der Waals surface area contributed by atoms with E-state index in [-0.39, 0.29) is 5.82 Å². The first-order valence-electron chi connectivity index (χ1n) is 12.0. The summed E-state index contributed by atoms with van der Waals surface area (Å²) < 4.78 is 16.0. The van der Waals surface area contributed by atoms with E-state index in [0.29, 0.717) is 6.54 Å². The number of thiophene rings is 1. The highest BCUT2D eigenvalue weighted by molar-refractivity contribution is 7.17. The number of pyridine rings is 1. The van der Waals surface area contributed by atoms with Crippen molar-refractivity contribution in [2.24, 2.45) is 0 Å². The maximum absolute atomic E-state index is 14.9. The third kappa shape index (κ3) is 5.66. The number of piperidine rings is 1. The Balaban J connectivity index is 1.48. The molecule has 1 aliphatic rings. The molecule has 1 N–H and O–H groups in total. The van der Waals surface area contributed by atoms with E-state index in [2.05, 4.69) is 40.4 Å². The van der Waals surface area contributed by atoms with Crippen molar-refractivity contribution in [2.75, 3.05) is 44.6 Å². The summed E-state index contributed by atoms with van der Waals surface area (Å²) in [5.41, 5.74) is 4.47. The van der Waals surface area contributed by atoms with E-state index in [0.717, 1.165) is 60.6 Å². The van der Waals surface area contributed by atoms with Crippen LogP contribution in [0.25, 0.3) is 21.5 Å². The fourth-order valence-electron chi connectivity index (χ4n) is 4.47. The van der Waals surface area contributed by atoms with Crippen LogP contribution in [0.3, 0.4) is 0 Å². The van der Waals surface area contributed by atoms with Crippen molar-refractivity contribution in [2.45, 2.75) is 46.1 Å². The molecule has 0 radical (unpaired) electrons. The van der Waals surface area contributed by atoms with Gasteiger partial charge in [0.2, 0.25) is 0 Å². The van der Waals surface area contributed by atoms with Crippen LogP contribution in [0.1, 0.15) is 45.1 Å². The van der Waals surface area contributed by atoms with Gasteiger partial charge in [-0.15, -0.1) is 11.3 Å². The minimum Gasteiger partial charge on any atom is -0.384 e. The second-order valence-corrected chi connectivity index (χ2v) is 9.56. The lowest BCUT2D eigenvalue weighted by atomic mass is 10.1. The fraction of sp³-hybridized carbons (Fsp3) is 0.500. The zero-order chi connectivity index (χ0) is 22.3. The van der Waals surface area contributed by atoms with E-state index < -0.39 is 0 Å². The van der Waals surface area contributed by atoms with Crippen molar-refractivity contribution >= 4 is 27.2 Å². The van der Waals surface area contributed by atoms with Crippen LogP contribution < -0.4 is 5.32 Å². The number of halogens is 1. The third-order valence-electron chi connectivity index (χ3n) is 6.46. The van der Waals surface area contributed by atoms with E-state index in [1.165, 1.54) is 37.1 Å². The number of anilines is 1. The predicted molar refractivity (Wildman–Crippen MR) is 135 cm³/mol. The van der Waals surface area contributed by atoms with Gasteiger partial charge in [-0.05, 0) is 75.6 Å². The molecule has 0 amide bonds. The van der Waals surface area contributed by atoms with Gasteiger partial charge in [-0.2, -0.15) is 0 Å². The second kappa shape index (κ2) is 11.2. The number of benzene rings is 1. The molecular weight excluding hydrogens is 419 g/mol. The first kappa shape index (κ1) is 23.1. The minimum absolute atomic E-state index is 0.155. The van der Waals surface area contributed by atoms with E-state index in [4.69, 9.17) is 4.98 Å². The van der Waals surface area contributed by atoms with E-state index in [9.17, 15) is 4.39 Å². The quantitative estimate of drug-likeness (QED) is 0.368. The number of nitrogens with one attached hydrogen (secondary N) is 1. The first-order chi connectivity index (χ1) is 15.7. The van der Waals surface area contributed by atoms with E-state index in [1.54, 1.807) is 17.4 Å². The Morgan fingerprint density at radius 1 is 1.09 bits per heavy atom. The van der Waals surface area contributed by atoms with Crippen LogP contribution in [0, 0.1) is 5.82 Å². The zero-order valence-corrected chi connectivity index (χ0v) is 20.2. The summed E-state index contributed by atoms with van der Waals surface area (Å²) in [5.74, 6) is -0.155. The van der Waals surface area contributed by atoms with Crippen LogP contribution in [0.4, 0.5) is 10.1 Å². The van der Waals surface area contributed by atoms with Crippen LogP contribution in [-0.4, -0.2) is 54.1 Å². The normalized spacial score (nSPS) is 15.0. The number of hydrogen-bond acceptors (Lipinski definition) is 5. The smallest absolute Gasteiger partial charge is 0.128 e. The van der Waals surface area contributed by atoms with Gasteiger partial charge in [0, 0.05) is 24.2 Å². The zero-order valence-electron chi connectivity index (χ0n) is 19.4. The van der Waals surface area contributed by atoms with Crippen molar-refractivity contribution in [3.05, 3.63) is 47.1 Å². The van der Waals surface area contributed by atoms with Gasteiger partial charge in [0.25, 0.3) is 0 Å². The molecule has 3 heterocycles. The fourth-order valence-corrected chi connectivity index (χ4v) is 5.29. The van der Waals surface area contributed by atoms with Gasteiger partial charge in [0.05, 0.1) is 21.6 Å². The summed E-state index contributed by atoms with van der Waals surface area (Å²) in [5, 5.41) is 5.71. The lowest BCUT2D eigenvalue weighted by molar-refractivity contribution is 0.228. The molecule has 172 valence electrons. The minimum atomic E-state index is -0.155. The molecule has 1 fully saturated rings. The molecule has 0 bridgehead atoms. The molecule has 0 unspecified atom stereocenters. The number of nitrogens with zero attached hydrogens (tertiary/aromatic N) is 3. The van der Waals surface area contributed by atoms with Gasteiger partial charge in [-0.25, -0.2) is 9.37 Å². The van der Waals surface area contributed by atoms with Crippen molar-refractivity contribution < 1.29 is 4.39 Å². The van der Waals surface area contributed by atoms with Crippen molar-refractivity contribution in [1.29, 1.82) is 0 Å². The Kier molecular flexibility index (Phi) is 8.11. The van der Waals surface area contributed by atoms with E-state index >= 15 is 0 Å². The van der Waals surface area contributed by atoms with Crippen molar-refractivity contribution in [3.63, 3.8) is 0 Å². The highest BCUT2D eigenvalue weighted by Gasteiger charge is 2.13. The molecular formula is C26H35FN4S. The molecule has 3 aromatic rings. The average molecular weight is 455 g/mol. The topological polar surface area (TPSA) is 31.4 Å². The average Bonchev–Trinajstić information content (AvgIpc) is 3.30. The summed E-state index contributed by atoms with van der Waals surface area (Å²) in [6.45, 7) is 11.3. The van der Waals surface area contributed by atoms with Crippen LogP contribution in [0.2, 0.25) is 0 Å². The van der Waals surface area contributed by atoms with E-state index in [1.807, 2.05) is 18.2 Å². The van der Waals surface area contributed by atoms with Gasteiger partial charge in [0.1, 0.15) is 5.82 Å². The molecule has 0 spiro atoms. The van der Waals surface area contributed by atoms with Gasteiger partial charge in [-0.1, -0.05) is 32.4 Å². The summed E-state index contributed by atoms with van der Waals surface area (Å²) >= 11 is 1.71. The highest BCUT2D eigenvalue weighted by Crippen LogP contribution is 2.32. The Morgan fingerprint density at radius 3 is 2.66 bits per heavy atom. The molecule has 6 heteroatoms. The Hall–Kier alpha value is -2.02. The number of hydrogen-bond donors (Lipinski definition) is 1. The number of rotatable bonds is 10. The van der Waals surface area contributed by atoms with Gasteiger partial charge in [-0.3, -0.25) is 4.90 Å². The molecule has 1 aliphatic heterocycles.